The summed E-state index contributed by atoms with van der Waals surface area (Å²) in [4.78, 5) is 31.8. The van der Waals surface area contributed by atoms with Crippen LogP contribution in [0.2, 0.25) is 0 Å². The summed E-state index contributed by atoms with van der Waals surface area (Å²) in [6, 6.07) is 11.5. The Labute approximate surface area is 151 Å². The fourth-order valence-corrected chi connectivity index (χ4v) is 3.52. The maximum Gasteiger partial charge on any atom is 0.224 e. The number of aromatic amines is 1. The Kier molecular flexibility index (Phi) is 4.52. The number of fused-ring (bicyclic) bond motifs is 2. The SMILES string of the molecule is O=C(CCC(=O)c1ccc2c(c1)CCCC2)Nc1ccc2nc[nH]c2c1. The lowest BCUT2D eigenvalue weighted by molar-refractivity contribution is -0.116. The summed E-state index contributed by atoms with van der Waals surface area (Å²) in [5.41, 5.74) is 5.79. The molecule has 3 aromatic rings. The normalized spacial score (nSPS) is 13.4. The fraction of sp³-hybridized carbons (Fsp3) is 0.286. The topological polar surface area (TPSA) is 74.8 Å². The zero-order valence-corrected chi connectivity index (χ0v) is 14.5. The van der Waals surface area contributed by atoms with Gasteiger partial charge in [-0.05, 0) is 61.1 Å². The summed E-state index contributed by atoms with van der Waals surface area (Å²) in [5, 5.41) is 2.84. The molecule has 0 unspecified atom stereocenters. The van der Waals surface area contributed by atoms with Crippen molar-refractivity contribution in [2.24, 2.45) is 0 Å². The van der Waals surface area contributed by atoms with Crippen molar-refractivity contribution >= 4 is 28.4 Å². The van der Waals surface area contributed by atoms with Crippen LogP contribution in [0.4, 0.5) is 5.69 Å². The lowest BCUT2D eigenvalue weighted by atomic mass is 9.89. The number of nitrogens with one attached hydrogen (secondary N) is 2. The minimum atomic E-state index is -0.157. The molecular weight excluding hydrogens is 326 g/mol. The minimum absolute atomic E-state index is 0.0255. The molecule has 1 aromatic heterocycles. The number of anilines is 1. The van der Waals surface area contributed by atoms with Crippen LogP contribution in [0.15, 0.2) is 42.7 Å². The van der Waals surface area contributed by atoms with Gasteiger partial charge < -0.3 is 10.3 Å². The van der Waals surface area contributed by atoms with Crippen molar-refractivity contribution in [2.75, 3.05) is 5.32 Å². The van der Waals surface area contributed by atoms with Crippen LogP contribution in [0, 0.1) is 0 Å². The third kappa shape index (κ3) is 3.52. The Morgan fingerprint density at radius 1 is 1.00 bits per heavy atom. The number of imidazole rings is 1. The largest absolute Gasteiger partial charge is 0.345 e. The van der Waals surface area contributed by atoms with E-state index in [2.05, 4.69) is 21.4 Å². The van der Waals surface area contributed by atoms with Gasteiger partial charge in [0, 0.05) is 24.1 Å². The molecule has 2 N–H and O–H groups in total. The van der Waals surface area contributed by atoms with E-state index >= 15 is 0 Å². The summed E-state index contributed by atoms with van der Waals surface area (Å²) >= 11 is 0. The molecule has 132 valence electrons. The second kappa shape index (κ2) is 7.12. The van der Waals surface area contributed by atoms with Gasteiger partial charge in [0.25, 0.3) is 0 Å². The average molecular weight is 347 g/mol. The third-order valence-electron chi connectivity index (χ3n) is 4.95. The minimum Gasteiger partial charge on any atom is -0.345 e. The van der Waals surface area contributed by atoms with Gasteiger partial charge in [0.1, 0.15) is 0 Å². The van der Waals surface area contributed by atoms with Gasteiger partial charge in [0.2, 0.25) is 5.91 Å². The molecule has 26 heavy (non-hydrogen) atoms. The van der Waals surface area contributed by atoms with E-state index in [-0.39, 0.29) is 24.5 Å². The van der Waals surface area contributed by atoms with Crippen LogP contribution < -0.4 is 5.32 Å². The van der Waals surface area contributed by atoms with E-state index in [0.717, 1.165) is 29.4 Å². The first-order valence-electron chi connectivity index (χ1n) is 9.07. The zero-order valence-electron chi connectivity index (χ0n) is 14.5. The Morgan fingerprint density at radius 3 is 2.73 bits per heavy atom. The van der Waals surface area contributed by atoms with Gasteiger partial charge in [-0.2, -0.15) is 0 Å². The van der Waals surface area contributed by atoms with Crippen molar-refractivity contribution in [3.63, 3.8) is 0 Å². The number of hydrogen-bond acceptors (Lipinski definition) is 3. The number of amides is 1. The van der Waals surface area contributed by atoms with E-state index in [1.165, 1.54) is 24.0 Å². The van der Waals surface area contributed by atoms with E-state index in [1.54, 1.807) is 6.33 Å². The van der Waals surface area contributed by atoms with Crippen molar-refractivity contribution in [2.45, 2.75) is 38.5 Å². The van der Waals surface area contributed by atoms with E-state index in [0.29, 0.717) is 5.69 Å². The number of nitrogens with zero attached hydrogens (tertiary/aromatic N) is 1. The number of carbonyl (C=O) groups excluding carboxylic acids is 2. The van der Waals surface area contributed by atoms with E-state index in [9.17, 15) is 9.59 Å². The molecule has 1 aliphatic carbocycles. The van der Waals surface area contributed by atoms with E-state index in [1.807, 2.05) is 30.3 Å². The van der Waals surface area contributed by atoms with Gasteiger partial charge in [0.15, 0.2) is 5.78 Å². The number of aryl methyl sites for hydroxylation is 2. The number of H-pyrrole nitrogens is 1. The second-order valence-corrected chi connectivity index (χ2v) is 6.80. The van der Waals surface area contributed by atoms with E-state index < -0.39 is 0 Å². The van der Waals surface area contributed by atoms with Crippen LogP contribution in [-0.4, -0.2) is 21.7 Å². The maximum atomic E-state index is 12.4. The van der Waals surface area contributed by atoms with Crippen LogP contribution in [0.1, 0.15) is 47.2 Å². The van der Waals surface area contributed by atoms with Crippen LogP contribution in [-0.2, 0) is 17.6 Å². The summed E-state index contributed by atoms with van der Waals surface area (Å²) in [5.74, 6) is -0.132. The zero-order chi connectivity index (χ0) is 17.9. The highest BCUT2D eigenvalue weighted by atomic mass is 16.2. The Bertz CT molecular complexity index is 974. The molecule has 1 amide bonds. The molecule has 5 heteroatoms. The predicted octanol–water partition coefficient (Wildman–Crippen LogP) is 4.04. The molecule has 1 aliphatic rings. The van der Waals surface area contributed by atoms with E-state index in [4.69, 9.17) is 0 Å². The highest BCUT2D eigenvalue weighted by Gasteiger charge is 2.14. The first-order valence-corrected chi connectivity index (χ1v) is 9.07. The van der Waals surface area contributed by atoms with Crippen molar-refractivity contribution in [1.29, 1.82) is 0 Å². The Hall–Kier alpha value is -2.95. The molecule has 0 fully saturated rings. The van der Waals surface area contributed by atoms with Crippen molar-refractivity contribution < 1.29 is 9.59 Å². The fourth-order valence-electron chi connectivity index (χ4n) is 3.52. The summed E-state index contributed by atoms with van der Waals surface area (Å²) in [7, 11) is 0. The molecule has 1 heterocycles. The lowest BCUT2D eigenvalue weighted by Crippen LogP contribution is -2.14. The third-order valence-corrected chi connectivity index (χ3v) is 4.95. The Balaban J connectivity index is 1.35. The quantitative estimate of drug-likeness (QED) is 0.684. The van der Waals surface area contributed by atoms with Gasteiger partial charge >= 0.3 is 0 Å². The second-order valence-electron chi connectivity index (χ2n) is 6.80. The number of rotatable bonds is 5. The molecule has 4 rings (SSSR count). The number of carbonyl (C=O) groups is 2. The summed E-state index contributed by atoms with van der Waals surface area (Å²) in [6.45, 7) is 0. The summed E-state index contributed by atoms with van der Waals surface area (Å²) < 4.78 is 0. The molecule has 0 spiro atoms. The first kappa shape index (κ1) is 16.5. The van der Waals surface area contributed by atoms with Crippen molar-refractivity contribution in [1.82, 2.24) is 9.97 Å². The highest BCUT2D eigenvalue weighted by molar-refractivity contribution is 6.00. The molecule has 0 bridgehead atoms. The smallest absolute Gasteiger partial charge is 0.224 e. The molecule has 5 nitrogen and oxygen atoms in total. The number of hydrogen-bond donors (Lipinski definition) is 2. The number of ketones is 1. The molecule has 2 aromatic carbocycles. The number of Topliss-reactive ketones (excluding diaryl/α,β-unsaturated/α-hetero) is 1. The lowest BCUT2D eigenvalue weighted by Gasteiger charge is -2.16. The van der Waals surface area contributed by atoms with Gasteiger partial charge in [0.05, 0.1) is 17.4 Å². The molecule has 0 saturated heterocycles. The van der Waals surface area contributed by atoms with Crippen LogP contribution >= 0.6 is 0 Å². The van der Waals surface area contributed by atoms with Gasteiger partial charge in [-0.3, -0.25) is 9.59 Å². The van der Waals surface area contributed by atoms with Gasteiger partial charge in [-0.15, -0.1) is 0 Å². The molecular formula is C21H21N3O2. The predicted molar refractivity (Wildman–Crippen MR) is 101 cm³/mol. The molecule has 0 radical (unpaired) electrons. The average Bonchev–Trinajstić information content (AvgIpc) is 3.13. The van der Waals surface area contributed by atoms with Crippen molar-refractivity contribution in [3.05, 3.63) is 59.4 Å². The molecule has 0 aliphatic heterocycles. The maximum absolute atomic E-state index is 12.4. The van der Waals surface area contributed by atoms with Gasteiger partial charge in [-0.25, -0.2) is 4.98 Å². The first-order chi connectivity index (χ1) is 12.7. The molecule has 0 atom stereocenters. The standard InChI is InChI=1S/C21H21N3O2/c25-20(16-6-5-14-3-1-2-4-15(14)11-16)9-10-21(26)24-17-7-8-18-19(12-17)23-13-22-18/h5-8,11-13H,1-4,9-10H2,(H,22,23)(H,24,26). The van der Waals surface area contributed by atoms with Crippen LogP contribution in [0.25, 0.3) is 11.0 Å². The van der Waals surface area contributed by atoms with Crippen molar-refractivity contribution in [3.8, 4) is 0 Å². The molecule has 0 saturated carbocycles. The number of benzene rings is 2. The monoisotopic (exact) mass is 347 g/mol. The Morgan fingerprint density at radius 2 is 1.85 bits per heavy atom. The number of aromatic nitrogens is 2. The van der Waals surface area contributed by atoms with Gasteiger partial charge in [-0.1, -0.05) is 12.1 Å². The van der Waals surface area contributed by atoms with Crippen LogP contribution in [0.3, 0.4) is 0 Å². The highest BCUT2D eigenvalue weighted by Crippen LogP contribution is 2.23. The van der Waals surface area contributed by atoms with Crippen LogP contribution in [0.5, 0.6) is 0 Å². The summed E-state index contributed by atoms with van der Waals surface area (Å²) in [6.07, 6.45) is 6.58.